The summed E-state index contributed by atoms with van der Waals surface area (Å²) in [7, 11) is 1.74. The number of rotatable bonds is 9. The molecule has 2 atom stereocenters. The Balaban J connectivity index is 1.53. The number of aromatic nitrogens is 2. The molecule has 6 heteroatoms. The number of H-pyrrole nitrogens is 1. The smallest absolute Gasteiger partial charge is 0.130 e. The minimum atomic E-state index is -1.54. The Bertz CT molecular complexity index is 1140. The highest BCUT2D eigenvalue weighted by atomic mass is 19.1. The normalized spacial score (nSPS) is 17.1. The molecule has 2 N–H and O–H groups in total. The van der Waals surface area contributed by atoms with Gasteiger partial charge in [0.2, 0.25) is 0 Å². The highest BCUT2D eigenvalue weighted by Crippen LogP contribution is 2.45. The summed E-state index contributed by atoms with van der Waals surface area (Å²) in [5.41, 5.74) is 5.04. The number of allylic oxidation sites excluding steroid dienone is 1. The molecule has 3 aromatic rings. The van der Waals surface area contributed by atoms with E-state index in [4.69, 9.17) is 4.74 Å². The number of pyridine rings is 1. The SMILES string of the molecule is C=CCc1[nH]c(CC(O)(CF)CC2Oc3ccc(-c4cccnc4)cc32)cc1C(C)=NC. The van der Waals surface area contributed by atoms with Crippen LogP contribution in [-0.4, -0.2) is 40.1 Å². The summed E-state index contributed by atoms with van der Waals surface area (Å²) in [5, 5.41) is 11.1. The van der Waals surface area contributed by atoms with Crippen LogP contribution in [0.5, 0.6) is 5.75 Å². The molecule has 4 rings (SSSR count). The number of hydrogen-bond donors (Lipinski definition) is 2. The first kappa shape index (κ1) is 22.0. The first-order valence-corrected chi connectivity index (χ1v) is 10.7. The van der Waals surface area contributed by atoms with Crippen LogP contribution in [0.4, 0.5) is 4.39 Å². The van der Waals surface area contributed by atoms with Gasteiger partial charge in [-0.15, -0.1) is 6.58 Å². The molecule has 1 aliphatic rings. The Morgan fingerprint density at radius 3 is 2.88 bits per heavy atom. The molecule has 5 nitrogen and oxygen atoms in total. The number of alkyl halides is 1. The quantitative estimate of drug-likeness (QED) is 0.368. The predicted octanol–water partition coefficient (Wildman–Crippen LogP) is 5.01. The second-order valence-electron chi connectivity index (χ2n) is 8.33. The largest absolute Gasteiger partial charge is 0.485 e. The van der Waals surface area contributed by atoms with Crippen LogP contribution in [0.15, 0.2) is 66.4 Å². The van der Waals surface area contributed by atoms with E-state index < -0.39 is 12.3 Å². The van der Waals surface area contributed by atoms with Gasteiger partial charge in [0, 0.05) is 72.5 Å². The van der Waals surface area contributed by atoms with E-state index in [0.29, 0.717) is 6.42 Å². The summed E-state index contributed by atoms with van der Waals surface area (Å²) in [6, 6.07) is 11.8. The van der Waals surface area contributed by atoms with Crippen molar-refractivity contribution in [1.82, 2.24) is 9.97 Å². The van der Waals surface area contributed by atoms with Crippen molar-refractivity contribution >= 4 is 5.71 Å². The second-order valence-corrected chi connectivity index (χ2v) is 8.33. The lowest BCUT2D eigenvalue weighted by atomic mass is 9.86. The molecule has 0 saturated carbocycles. The van der Waals surface area contributed by atoms with Crippen LogP contribution in [-0.2, 0) is 12.8 Å². The number of aliphatic imine (C=N–C) groups is 1. The van der Waals surface area contributed by atoms with Gasteiger partial charge in [0.25, 0.3) is 0 Å². The van der Waals surface area contributed by atoms with Crippen LogP contribution in [0.2, 0.25) is 0 Å². The molecule has 0 radical (unpaired) electrons. The van der Waals surface area contributed by atoms with Crippen LogP contribution >= 0.6 is 0 Å². The molecule has 2 aromatic heterocycles. The minimum Gasteiger partial charge on any atom is -0.485 e. The van der Waals surface area contributed by atoms with Gasteiger partial charge in [0.15, 0.2) is 0 Å². The molecule has 0 bridgehead atoms. The van der Waals surface area contributed by atoms with Crippen molar-refractivity contribution in [2.75, 3.05) is 13.7 Å². The van der Waals surface area contributed by atoms with Crippen molar-refractivity contribution in [1.29, 1.82) is 0 Å². The van der Waals surface area contributed by atoms with Gasteiger partial charge in [-0.05, 0) is 36.8 Å². The molecular formula is C26H28FN3O2. The number of fused-ring (bicyclic) bond motifs is 1. The van der Waals surface area contributed by atoms with Gasteiger partial charge in [-0.2, -0.15) is 0 Å². The Kier molecular flexibility index (Phi) is 6.24. The number of aliphatic hydroxyl groups is 1. The van der Waals surface area contributed by atoms with Gasteiger partial charge in [-0.25, -0.2) is 4.39 Å². The molecule has 0 aliphatic carbocycles. The fourth-order valence-corrected chi connectivity index (χ4v) is 4.21. The molecule has 0 saturated heterocycles. The molecule has 166 valence electrons. The monoisotopic (exact) mass is 433 g/mol. The average Bonchev–Trinajstić information content (AvgIpc) is 3.19. The lowest BCUT2D eigenvalue weighted by Crippen LogP contribution is -2.39. The summed E-state index contributed by atoms with van der Waals surface area (Å²) in [6.45, 7) is 4.87. The summed E-state index contributed by atoms with van der Waals surface area (Å²) in [5.74, 6) is 0.772. The van der Waals surface area contributed by atoms with Crippen molar-refractivity contribution in [3.05, 3.63) is 84.0 Å². The molecule has 2 unspecified atom stereocenters. The van der Waals surface area contributed by atoms with Crippen LogP contribution < -0.4 is 4.74 Å². The summed E-state index contributed by atoms with van der Waals surface area (Å²) < 4.78 is 19.9. The standard InChI is InChI=1S/C26H28FN3O2/c1-4-6-23-21(17(2)28-3)12-20(30-23)13-26(31,16-27)14-25-22-11-18(8-9-24(22)32-25)19-7-5-10-29-15-19/h4-5,7-12,15,25,30-31H,1,6,13-14,16H2,2-3H3. The molecule has 0 spiro atoms. The molecule has 32 heavy (non-hydrogen) atoms. The molecule has 1 aromatic carbocycles. The lowest BCUT2D eigenvalue weighted by Gasteiger charge is -2.37. The fourth-order valence-electron chi connectivity index (χ4n) is 4.21. The molecule has 3 heterocycles. The third-order valence-electron chi connectivity index (χ3n) is 5.98. The van der Waals surface area contributed by atoms with Crippen LogP contribution in [0.25, 0.3) is 11.1 Å². The maximum Gasteiger partial charge on any atom is 0.130 e. The van der Waals surface area contributed by atoms with Gasteiger partial charge in [-0.1, -0.05) is 18.2 Å². The highest BCUT2D eigenvalue weighted by Gasteiger charge is 2.38. The van der Waals surface area contributed by atoms with Crippen LogP contribution in [0, 0.1) is 0 Å². The number of nitrogens with one attached hydrogen (secondary N) is 1. The van der Waals surface area contributed by atoms with Crippen molar-refractivity contribution in [2.45, 2.75) is 37.9 Å². The Labute approximate surface area is 187 Å². The zero-order valence-electron chi connectivity index (χ0n) is 18.4. The van der Waals surface area contributed by atoms with Crippen molar-refractivity contribution in [3.63, 3.8) is 0 Å². The van der Waals surface area contributed by atoms with Gasteiger partial charge in [0.1, 0.15) is 24.1 Å². The van der Waals surface area contributed by atoms with E-state index in [9.17, 15) is 9.50 Å². The number of ether oxygens (including phenoxy) is 1. The maximum atomic E-state index is 14.1. The maximum absolute atomic E-state index is 14.1. The van der Waals surface area contributed by atoms with E-state index in [2.05, 4.69) is 21.5 Å². The zero-order chi connectivity index (χ0) is 22.7. The van der Waals surface area contributed by atoms with Crippen LogP contribution in [0.1, 0.15) is 42.0 Å². The van der Waals surface area contributed by atoms with Crippen LogP contribution in [0.3, 0.4) is 0 Å². The van der Waals surface area contributed by atoms with Gasteiger partial charge >= 0.3 is 0 Å². The van der Waals surface area contributed by atoms with Crippen molar-refractivity contribution in [3.8, 4) is 16.9 Å². The Hall–Kier alpha value is -3.25. The number of nitrogens with zero attached hydrogens (tertiary/aromatic N) is 2. The van der Waals surface area contributed by atoms with Gasteiger partial charge < -0.3 is 14.8 Å². The van der Waals surface area contributed by atoms with Gasteiger partial charge in [0.05, 0.1) is 0 Å². The average molecular weight is 434 g/mol. The summed E-state index contributed by atoms with van der Waals surface area (Å²) in [6.07, 6.45) is 5.96. The third-order valence-corrected chi connectivity index (χ3v) is 5.98. The van der Waals surface area contributed by atoms with Crippen molar-refractivity contribution < 1.29 is 14.2 Å². The number of hydrogen-bond acceptors (Lipinski definition) is 4. The topological polar surface area (TPSA) is 70.5 Å². The highest BCUT2D eigenvalue weighted by molar-refractivity contribution is 6.00. The molecule has 1 aliphatic heterocycles. The third kappa shape index (κ3) is 4.36. The van der Waals surface area contributed by atoms with Gasteiger partial charge in [-0.3, -0.25) is 9.98 Å². The van der Waals surface area contributed by atoms with E-state index >= 15 is 0 Å². The molecular weight excluding hydrogens is 405 g/mol. The van der Waals surface area contributed by atoms with E-state index in [0.717, 1.165) is 45.1 Å². The summed E-state index contributed by atoms with van der Waals surface area (Å²) >= 11 is 0. The number of halogens is 1. The number of benzene rings is 1. The Morgan fingerprint density at radius 2 is 2.19 bits per heavy atom. The van der Waals surface area contributed by atoms with Crippen molar-refractivity contribution in [2.24, 2.45) is 4.99 Å². The van der Waals surface area contributed by atoms with E-state index in [1.807, 2.05) is 49.4 Å². The lowest BCUT2D eigenvalue weighted by molar-refractivity contribution is -0.0342. The second kappa shape index (κ2) is 9.09. The molecule has 0 fully saturated rings. The predicted molar refractivity (Wildman–Crippen MR) is 125 cm³/mol. The summed E-state index contributed by atoms with van der Waals surface area (Å²) in [4.78, 5) is 11.8. The first-order valence-electron chi connectivity index (χ1n) is 10.7. The Morgan fingerprint density at radius 1 is 1.34 bits per heavy atom. The van der Waals surface area contributed by atoms with E-state index in [1.165, 1.54) is 0 Å². The van der Waals surface area contributed by atoms with E-state index in [-0.39, 0.29) is 18.9 Å². The van der Waals surface area contributed by atoms with E-state index in [1.54, 1.807) is 19.4 Å². The molecule has 0 amide bonds. The first-order chi connectivity index (χ1) is 15.5. The zero-order valence-corrected chi connectivity index (χ0v) is 18.4. The number of aromatic amines is 1. The minimum absolute atomic E-state index is 0.155. The fraction of sp³-hybridized carbons (Fsp3) is 0.308.